The van der Waals surface area contributed by atoms with E-state index < -0.39 is 0 Å². The van der Waals surface area contributed by atoms with Gasteiger partial charge in [-0.3, -0.25) is 0 Å². The van der Waals surface area contributed by atoms with E-state index in [-0.39, 0.29) is 5.54 Å². The lowest BCUT2D eigenvalue weighted by Crippen LogP contribution is -2.35. The third kappa shape index (κ3) is 3.67. The molecule has 0 bridgehead atoms. The summed E-state index contributed by atoms with van der Waals surface area (Å²) < 4.78 is 3.01. The van der Waals surface area contributed by atoms with Crippen LogP contribution in [-0.4, -0.2) is 20.5 Å². The van der Waals surface area contributed by atoms with E-state index in [1.165, 1.54) is 5.56 Å². The number of hydrogen-bond acceptors (Lipinski definition) is 3. The molecule has 0 amide bonds. The standard InChI is InChI=1S/C15H21BrN4/c1-5-11-8-12(16)6-7-14(11)20-13(10-18-19-20)9-17-15(2,3)4/h6-8,10,17H,5,9H2,1-4H3. The minimum absolute atomic E-state index is 0.0718. The zero-order valence-corrected chi connectivity index (χ0v) is 14.0. The number of benzene rings is 1. The number of nitrogens with one attached hydrogen (secondary N) is 1. The zero-order valence-electron chi connectivity index (χ0n) is 12.4. The Morgan fingerprint density at radius 1 is 1.30 bits per heavy atom. The molecule has 0 saturated heterocycles. The predicted molar refractivity (Wildman–Crippen MR) is 85.0 cm³/mol. The van der Waals surface area contributed by atoms with Crippen LogP contribution in [0, 0.1) is 0 Å². The van der Waals surface area contributed by atoms with Gasteiger partial charge in [0.1, 0.15) is 0 Å². The lowest BCUT2D eigenvalue weighted by atomic mass is 10.1. The predicted octanol–water partition coefficient (Wildman–Crippen LogP) is 3.48. The first-order valence-corrected chi connectivity index (χ1v) is 7.63. The normalized spacial score (nSPS) is 11.8. The van der Waals surface area contributed by atoms with Crippen LogP contribution < -0.4 is 5.32 Å². The molecule has 0 radical (unpaired) electrons. The second kappa shape index (κ2) is 6.06. The maximum absolute atomic E-state index is 4.24. The topological polar surface area (TPSA) is 42.7 Å². The van der Waals surface area contributed by atoms with E-state index in [0.29, 0.717) is 0 Å². The summed E-state index contributed by atoms with van der Waals surface area (Å²) in [5.74, 6) is 0. The molecule has 0 fully saturated rings. The minimum Gasteiger partial charge on any atom is -0.306 e. The molecular weight excluding hydrogens is 316 g/mol. The largest absolute Gasteiger partial charge is 0.306 e. The Labute approximate surface area is 128 Å². The lowest BCUT2D eigenvalue weighted by molar-refractivity contribution is 0.418. The van der Waals surface area contributed by atoms with Gasteiger partial charge in [-0.25, -0.2) is 4.68 Å². The molecule has 1 heterocycles. The number of nitrogens with zero attached hydrogens (tertiary/aromatic N) is 3. The van der Waals surface area contributed by atoms with Crippen molar-refractivity contribution in [2.45, 2.75) is 46.2 Å². The molecule has 1 aromatic heterocycles. The fourth-order valence-electron chi connectivity index (χ4n) is 1.98. The summed E-state index contributed by atoms with van der Waals surface area (Å²) in [6.07, 6.45) is 2.78. The summed E-state index contributed by atoms with van der Waals surface area (Å²) >= 11 is 3.52. The summed E-state index contributed by atoms with van der Waals surface area (Å²) in [5.41, 5.74) is 3.49. The highest BCUT2D eigenvalue weighted by Crippen LogP contribution is 2.21. The summed E-state index contributed by atoms with van der Waals surface area (Å²) in [7, 11) is 0. The molecule has 0 spiro atoms. The van der Waals surface area contributed by atoms with Crippen molar-refractivity contribution in [1.29, 1.82) is 0 Å². The van der Waals surface area contributed by atoms with Crippen molar-refractivity contribution in [2.75, 3.05) is 0 Å². The van der Waals surface area contributed by atoms with E-state index >= 15 is 0 Å². The van der Waals surface area contributed by atoms with E-state index in [9.17, 15) is 0 Å². The molecule has 4 nitrogen and oxygen atoms in total. The Morgan fingerprint density at radius 3 is 2.70 bits per heavy atom. The van der Waals surface area contributed by atoms with Crippen molar-refractivity contribution in [2.24, 2.45) is 0 Å². The Bertz CT molecular complexity index is 584. The molecule has 2 aromatic rings. The van der Waals surface area contributed by atoms with Gasteiger partial charge in [0.05, 0.1) is 17.6 Å². The van der Waals surface area contributed by atoms with Gasteiger partial charge in [0, 0.05) is 16.6 Å². The van der Waals surface area contributed by atoms with Gasteiger partial charge in [-0.1, -0.05) is 28.1 Å². The van der Waals surface area contributed by atoms with Gasteiger partial charge in [0.25, 0.3) is 0 Å². The fourth-order valence-corrected chi connectivity index (χ4v) is 2.39. The molecule has 0 aliphatic carbocycles. The van der Waals surface area contributed by atoms with Crippen molar-refractivity contribution in [1.82, 2.24) is 20.3 Å². The first-order chi connectivity index (χ1) is 9.40. The number of rotatable bonds is 4. The van der Waals surface area contributed by atoms with Gasteiger partial charge in [0.2, 0.25) is 0 Å². The zero-order chi connectivity index (χ0) is 14.8. The fraction of sp³-hybridized carbons (Fsp3) is 0.467. The highest BCUT2D eigenvalue weighted by molar-refractivity contribution is 9.10. The maximum Gasteiger partial charge on any atom is 0.0783 e. The van der Waals surface area contributed by atoms with Crippen molar-refractivity contribution in [3.05, 3.63) is 40.1 Å². The van der Waals surface area contributed by atoms with Crippen molar-refractivity contribution >= 4 is 15.9 Å². The van der Waals surface area contributed by atoms with Crippen LogP contribution in [0.5, 0.6) is 0 Å². The molecule has 0 atom stereocenters. The third-order valence-electron chi connectivity index (χ3n) is 3.07. The Morgan fingerprint density at radius 2 is 2.05 bits per heavy atom. The summed E-state index contributed by atoms with van der Waals surface area (Å²) in [5, 5.41) is 11.8. The van der Waals surface area contributed by atoms with Crippen LogP contribution in [0.25, 0.3) is 5.69 Å². The monoisotopic (exact) mass is 336 g/mol. The molecule has 108 valence electrons. The summed E-state index contributed by atoms with van der Waals surface area (Å²) in [4.78, 5) is 0. The smallest absolute Gasteiger partial charge is 0.0783 e. The van der Waals surface area contributed by atoms with Gasteiger partial charge < -0.3 is 5.32 Å². The molecule has 5 heteroatoms. The summed E-state index contributed by atoms with van der Waals surface area (Å²) in [6, 6.07) is 6.26. The average Bonchev–Trinajstić information content (AvgIpc) is 2.83. The lowest BCUT2D eigenvalue weighted by Gasteiger charge is -2.20. The van der Waals surface area contributed by atoms with Gasteiger partial charge in [-0.15, -0.1) is 5.10 Å². The highest BCUT2D eigenvalue weighted by Gasteiger charge is 2.13. The molecular formula is C15H21BrN4. The third-order valence-corrected chi connectivity index (χ3v) is 3.56. The van der Waals surface area contributed by atoms with E-state index in [1.54, 1.807) is 0 Å². The van der Waals surface area contributed by atoms with Crippen molar-refractivity contribution < 1.29 is 0 Å². The van der Waals surface area contributed by atoms with Gasteiger partial charge in [-0.2, -0.15) is 0 Å². The molecule has 2 rings (SSSR count). The molecule has 0 unspecified atom stereocenters. The number of hydrogen-bond donors (Lipinski definition) is 1. The van der Waals surface area contributed by atoms with E-state index in [0.717, 1.165) is 28.8 Å². The molecule has 0 aliphatic heterocycles. The average molecular weight is 337 g/mol. The Hall–Kier alpha value is -1.20. The molecule has 0 aliphatic rings. The quantitative estimate of drug-likeness (QED) is 0.929. The molecule has 20 heavy (non-hydrogen) atoms. The maximum atomic E-state index is 4.24. The van der Waals surface area contributed by atoms with Crippen LogP contribution >= 0.6 is 15.9 Å². The van der Waals surface area contributed by atoms with Crippen LogP contribution in [0.1, 0.15) is 39.0 Å². The van der Waals surface area contributed by atoms with E-state index in [1.807, 2.05) is 16.9 Å². The Kier molecular flexibility index (Phi) is 4.60. The highest BCUT2D eigenvalue weighted by atomic mass is 79.9. The van der Waals surface area contributed by atoms with E-state index in [4.69, 9.17) is 0 Å². The number of aromatic nitrogens is 3. The first-order valence-electron chi connectivity index (χ1n) is 6.84. The van der Waals surface area contributed by atoms with Gasteiger partial charge >= 0.3 is 0 Å². The minimum atomic E-state index is 0.0718. The molecule has 1 N–H and O–H groups in total. The van der Waals surface area contributed by atoms with E-state index in [2.05, 4.69) is 71.4 Å². The number of halogens is 1. The summed E-state index contributed by atoms with van der Waals surface area (Å²) in [6.45, 7) is 9.35. The van der Waals surface area contributed by atoms with Crippen LogP contribution in [0.3, 0.4) is 0 Å². The second-order valence-corrected chi connectivity index (χ2v) is 6.78. The number of aryl methyl sites for hydroxylation is 1. The Balaban J connectivity index is 2.32. The molecule has 0 saturated carbocycles. The van der Waals surface area contributed by atoms with Crippen molar-refractivity contribution in [3.63, 3.8) is 0 Å². The molecule has 1 aromatic carbocycles. The van der Waals surface area contributed by atoms with Gasteiger partial charge in [0.15, 0.2) is 0 Å². The van der Waals surface area contributed by atoms with Crippen LogP contribution in [0.4, 0.5) is 0 Å². The van der Waals surface area contributed by atoms with Crippen LogP contribution in [-0.2, 0) is 13.0 Å². The first kappa shape index (κ1) is 15.2. The SMILES string of the molecule is CCc1cc(Br)ccc1-n1nncc1CNC(C)(C)C. The van der Waals surface area contributed by atoms with Gasteiger partial charge in [-0.05, 0) is 51.0 Å². The second-order valence-electron chi connectivity index (χ2n) is 5.87. The van der Waals surface area contributed by atoms with Crippen LogP contribution in [0.2, 0.25) is 0 Å². The van der Waals surface area contributed by atoms with Crippen LogP contribution in [0.15, 0.2) is 28.9 Å². The van der Waals surface area contributed by atoms with Crippen molar-refractivity contribution in [3.8, 4) is 5.69 Å².